The Labute approximate surface area is 150 Å². The molecule has 0 radical (unpaired) electrons. The van der Waals surface area contributed by atoms with Gasteiger partial charge in [-0.3, -0.25) is 4.98 Å². The Kier molecular flexibility index (Phi) is 5.71. The maximum atomic E-state index is 10.8. The van der Waals surface area contributed by atoms with Gasteiger partial charge in [0.2, 0.25) is 0 Å². The predicted molar refractivity (Wildman–Crippen MR) is 102 cm³/mol. The van der Waals surface area contributed by atoms with Crippen LogP contribution in [0.3, 0.4) is 0 Å². The minimum atomic E-state index is -0.484. The fourth-order valence-corrected chi connectivity index (χ4v) is 3.92. The number of fused-ring (bicyclic) bond motifs is 1. The topological polar surface area (TPSA) is 45.6 Å². The van der Waals surface area contributed by atoms with Crippen molar-refractivity contribution >= 4 is 10.9 Å². The van der Waals surface area contributed by atoms with Crippen molar-refractivity contribution in [2.24, 2.45) is 11.8 Å². The van der Waals surface area contributed by atoms with Crippen LogP contribution in [-0.4, -0.2) is 42.2 Å². The van der Waals surface area contributed by atoms with Crippen LogP contribution in [0.25, 0.3) is 10.9 Å². The van der Waals surface area contributed by atoms with Gasteiger partial charge in [0.1, 0.15) is 5.75 Å². The first-order chi connectivity index (χ1) is 12.1. The number of nitrogens with zero attached hydrogens (tertiary/aromatic N) is 2. The molecule has 4 nitrogen and oxygen atoms in total. The molecule has 1 fully saturated rings. The van der Waals surface area contributed by atoms with Crippen molar-refractivity contribution in [2.45, 2.75) is 25.4 Å². The first kappa shape index (κ1) is 17.9. The third-order valence-corrected chi connectivity index (χ3v) is 5.46. The Hall–Kier alpha value is -1.91. The number of likely N-dealkylation sites (tertiary alicyclic amines) is 1. The predicted octanol–water partition coefficient (Wildman–Crippen LogP) is 3.81. The van der Waals surface area contributed by atoms with E-state index >= 15 is 0 Å². The summed E-state index contributed by atoms with van der Waals surface area (Å²) < 4.78 is 5.33. The molecule has 1 aromatic carbocycles. The largest absolute Gasteiger partial charge is 0.497 e. The molecule has 1 aliphatic heterocycles. The number of pyridine rings is 1. The van der Waals surface area contributed by atoms with Crippen LogP contribution in [0.4, 0.5) is 0 Å². The average Bonchev–Trinajstić information content (AvgIpc) is 2.65. The third kappa shape index (κ3) is 4.02. The van der Waals surface area contributed by atoms with Gasteiger partial charge in [0.15, 0.2) is 0 Å². The number of hydrogen-bond acceptors (Lipinski definition) is 4. The Morgan fingerprint density at radius 1 is 1.44 bits per heavy atom. The molecule has 2 heterocycles. The number of aliphatic hydroxyl groups excluding tert-OH is 1. The van der Waals surface area contributed by atoms with Gasteiger partial charge in [-0.1, -0.05) is 6.08 Å². The van der Waals surface area contributed by atoms with Crippen molar-refractivity contribution in [1.82, 2.24) is 9.88 Å². The van der Waals surface area contributed by atoms with Crippen molar-refractivity contribution < 1.29 is 9.84 Å². The van der Waals surface area contributed by atoms with E-state index in [0.29, 0.717) is 11.8 Å². The van der Waals surface area contributed by atoms with Gasteiger partial charge in [0, 0.05) is 18.1 Å². The van der Waals surface area contributed by atoms with Gasteiger partial charge in [-0.25, -0.2) is 0 Å². The van der Waals surface area contributed by atoms with Gasteiger partial charge in [-0.2, -0.15) is 0 Å². The number of aromatic nitrogens is 1. The van der Waals surface area contributed by atoms with Gasteiger partial charge in [-0.15, -0.1) is 6.58 Å². The van der Waals surface area contributed by atoms with E-state index in [9.17, 15) is 5.11 Å². The number of piperidine rings is 1. The van der Waals surface area contributed by atoms with Crippen LogP contribution < -0.4 is 4.74 Å². The number of benzene rings is 1. The zero-order chi connectivity index (χ0) is 17.8. The standard InChI is InChI=1S/C21H28N2O2/c1-4-15-14-23(2)12-10-16(15)5-8-21(24)18-9-11-22-20-7-6-17(25-3)13-19(18)20/h4,6-7,9,11,13,15-16,21,24H,1,5,8,10,12,14H2,2-3H3/t15-,16+,21-/m0/s1. The highest BCUT2D eigenvalue weighted by atomic mass is 16.5. The lowest BCUT2D eigenvalue weighted by molar-refractivity contribution is 0.124. The summed E-state index contributed by atoms with van der Waals surface area (Å²) >= 11 is 0. The maximum absolute atomic E-state index is 10.8. The minimum Gasteiger partial charge on any atom is -0.497 e. The summed E-state index contributed by atoms with van der Waals surface area (Å²) in [6.45, 7) is 6.20. The zero-order valence-electron chi connectivity index (χ0n) is 15.2. The second-order valence-corrected chi connectivity index (χ2v) is 7.09. The van der Waals surface area contributed by atoms with Gasteiger partial charge in [0.25, 0.3) is 0 Å². The molecular weight excluding hydrogens is 312 g/mol. The summed E-state index contributed by atoms with van der Waals surface area (Å²) in [5.74, 6) is 1.90. The first-order valence-electron chi connectivity index (χ1n) is 9.04. The molecule has 0 spiro atoms. The summed E-state index contributed by atoms with van der Waals surface area (Å²) in [5.41, 5.74) is 1.83. The van der Waals surface area contributed by atoms with Crippen molar-refractivity contribution in [3.05, 3.63) is 48.7 Å². The molecule has 1 N–H and O–H groups in total. The number of ether oxygens (including phenoxy) is 1. The lowest BCUT2D eigenvalue weighted by Gasteiger charge is -2.35. The number of rotatable bonds is 6. The summed E-state index contributed by atoms with van der Waals surface area (Å²) in [6.07, 6.45) is 6.32. The van der Waals surface area contributed by atoms with E-state index in [1.54, 1.807) is 13.3 Å². The van der Waals surface area contributed by atoms with Gasteiger partial charge >= 0.3 is 0 Å². The SMILES string of the molecule is C=C[C@H]1CN(C)CC[C@H]1CC[C@H](O)c1ccnc2ccc(OC)cc12. The number of hydrogen-bond donors (Lipinski definition) is 1. The highest BCUT2D eigenvalue weighted by molar-refractivity contribution is 5.83. The Balaban J connectivity index is 1.74. The van der Waals surface area contributed by atoms with E-state index < -0.39 is 6.10 Å². The molecule has 0 bridgehead atoms. The van der Waals surface area contributed by atoms with Crippen molar-refractivity contribution in [1.29, 1.82) is 0 Å². The molecule has 0 saturated carbocycles. The van der Waals surface area contributed by atoms with E-state index in [-0.39, 0.29) is 0 Å². The van der Waals surface area contributed by atoms with Crippen molar-refractivity contribution in [3.8, 4) is 5.75 Å². The Bertz CT molecular complexity index is 731. The molecule has 1 aromatic heterocycles. The average molecular weight is 340 g/mol. The summed E-state index contributed by atoms with van der Waals surface area (Å²) in [6, 6.07) is 7.73. The quantitative estimate of drug-likeness (QED) is 0.812. The van der Waals surface area contributed by atoms with Crippen LogP contribution in [0, 0.1) is 11.8 Å². The highest BCUT2D eigenvalue weighted by Crippen LogP contribution is 2.33. The monoisotopic (exact) mass is 340 g/mol. The summed E-state index contributed by atoms with van der Waals surface area (Å²) in [4.78, 5) is 6.76. The first-order valence-corrected chi connectivity index (χ1v) is 9.04. The highest BCUT2D eigenvalue weighted by Gasteiger charge is 2.26. The fraction of sp³-hybridized carbons (Fsp3) is 0.476. The van der Waals surface area contributed by atoms with Gasteiger partial charge < -0.3 is 14.7 Å². The molecular formula is C21H28N2O2. The van der Waals surface area contributed by atoms with Crippen LogP contribution in [0.2, 0.25) is 0 Å². The minimum absolute atomic E-state index is 0.484. The molecule has 3 atom stereocenters. The maximum Gasteiger partial charge on any atom is 0.119 e. The fourth-order valence-electron chi connectivity index (χ4n) is 3.92. The van der Waals surface area contributed by atoms with E-state index in [4.69, 9.17) is 4.74 Å². The van der Waals surface area contributed by atoms with Crippen molar-refractivity contribution in [3.63, 3.8) is 0 Å². The normalized spacial score (nSPS) is 22.7. The molecule has 1 saturated heterocycles. The van der Waals surface area contributed by atoms with Gasteiger partial charge in [-0.05, 0) is 74.5 Å². The lowest BCUT2D eigenvalue weighted by Crippen LogP contribution is -2.37. The van der Waals surface area contributed by atoms with E-state index in [1.165, 1.54) is 6.42 Å². The van der Waals surface area contributed by atoms with Crippen LogP contribution in [0.15, 0.2) is 43.1 Å². The Morgan fingerprint density at radius 2 is 2.28 bits per heavy atom. The van der Waals surface area contributed by atoms with E-state index in [2.05, 4.69) is 29.6 Å². The molecule has 3 rings (SSSR count). The van der Waals surface area contributed by atoms with E-state index in [1.807, 2.05) is 24.3 Å². The molecule has 0 aliphatic carbocycles. The summed E-state index contributed by atoms with van der Waals surface area (Å²) in [7, 11) is 3.82. The molecule has 134 valence electrons. The van der Waals surface area contributed by atoms with Crippen LogP contribution in [0.5, 0.6) is 5.75 Å². The molecule has 25 heavy (non-hydrogen) atoms. The molecule has 0 amide bonds. The third-order valence-electron chi connectivity index (χ3n) is 5.46. The van der Waals surface area contributed by atoms with Crippen LogP contribution in [0.1, 0.15) is 30.9 Å². The lowest BCUT2D eigenvalue weighted by atomic mass is 9.81. The Morgan fingerprint density at radius 3 is 3.04 bits per heavy atom. The van der Waals surface area contributed by atoms with Crippen LogP contribution >= 0.6 is 0 Å². The molecule has 2 aromatic rings. The molecule has 1 aliphatic rings. The van der Waals surface area contributed by atoms with Crippen LogP contribution in [-0.2, 0) is 0 Å². The second kappa shape index (κ2) is 7.98. The van der Waals surface area contributed by atoms with E-state index in [0.717, 1.165) is 48.1 Å². The number of methoxy groups -OCH3 is 1. The smallest absolute Gasteiger partial charge is 0.119 e. The second-order valence-electron chi connectivity index (χ2n) is 7.09. The molecule has 4 heteroatoms. The number of aliphatic hydroxyl groups is 1. The zero-order valence-corrected chi connectivity index (χ0v) is 15.2. The summed E-state index contributed by atoms with van der Waals surface area (Å²) in [5, 5.41) is 11.8. The van der Waals surface area contributed by atoms with Gasteiger partial charge in [0.05, 0.1) is 18.7 Å². The molecule has 0 unspecified atom stereocenters. The van der Waals surface area contributed by atoms with Crippen molar-refractivity contribution in [2.75, 3.05) is 27.2 Å².